The van der Waals surface area contributed by atoms with Gasteiger partial charge in [-0.25, -0.2) is 4.39 Å². The highest BCUT2D eigenvalue weighted by Gasteiger charge is 2.09. The summed E-state index contributed by atoms with van der Waals surface area (Å²) in [4.78, 5) is 6.16. The van der Waals surface area contributed by atoms with Gasteiger partial charge in [0.25, 0.3) is 0 Å². The molecule has 0 bridgehead atoms. The third kappa shape index (κ3) is 5.75. The van der Waals surface area contributed by atoms with E-state index in [1.54, 1.807) is 24.9 Å². The number of hydrogen-bond donors (Lipinski definition) is 2. The second-order valence-electron chi connectivity index (χ2n) is 4.80. The van der Waals surface area contributed by atoms with Crippen LogP contribution in [0.5, 0.6) is 0 Å². The first-order chi connectivity index (χ1) is 10.7. The molecule has 0 amide bonds. The molecule has 0 saturated heterocycles. The van der Waals surface area contributed by atoms with Gasteiger partial charge in [0.15, 0.2) is 5.96 Å². The number of benzene rings is 1. The molecule has 124 valence electrons. The molecule has 22 heavy (non-hydrogen) atoms. The largest absolute Gasteiger partial charge is 0.370 e. The predicted molar refractivity (Wildman–Crippen MR) is 96.5 cm³/mol. The molecule has 1 aromatic rings. The van der Waals surface area contributed by atoms with Crippen LogP contribution >= 0.6 is 11.8 Å². The van der Waals surface area contributed by atoms with Crippen molar-refractivity contribution in [3.05, 3.63) is 29.6 Å². The maximum Gasteiger partial charge on any atom is 0.191 e. The van der Waals surface area contributed by atoms with Gasteiger partial charge < -0.3 is 15.5 Å². The monoisotopic (exact) mass is 326 g/mol. The van der Waals surface area contributed by atoms with Gasteiger partial charge in [0.05, 0.1) is 5.69 Å². The summed E-state index contributed by atoms with van der Waals surface area (Å²) in [5.41, 5.74) is 1.57. The molecule has 2 N–H and O–H groups in total. The van der Waals surface area contributed by atoms with Gasteiger partial charge in [-0.15, -0.1) is 0 Å². The van der Waals surface area contributed by atoms with Crippen LogP contribution in [0.2, 0.25) is 0 Å². The molecule has 0 spiro atoms. The van der Waals surface area contributed by atoms with Crippen molar-refractivity contribution < 1.29 is 4.39 Å². The molecule has 1 rings (SSSR count). The fraction of sp³-hybridized carbons (Fsp3) is 0.562. The summed E-state index contributed by atoms with van der Waals surface area (Å²) in [6.45, 7) is 7.07. The van der Waals surface area contributed by atoms with E-state index < -0.39 is 0 Å². The lowest BCUT2D eigenvalue weighted by molar-refractivity contribution is 0.617. The summed E-state index contributed by atoms with van der Waals surface area (Å²) in [7, 11) is 1.73. The van der Waals surface area contributed by atoms with Crippen LogP contribution in [0.1, 0.15) is 19.4 Å². The van der Waals surface area contributed by atoms with Crippen molar-refractivity contribution in [3.8, 4) is 0 Å². The fourth-order valence-electron chi connectivity index (χ4n) is 2.16. The Morgan fingerprint density at radius 2 is 2.00 bits per heavy atom. The van der Waals surface area contributed by atoms with Crippen molar-refractivity contribution in [2.75, 3.05) is 43.6 Å². The molecule has 0 saturated carbocycles. The summed E-state index contributed by atoms with van der Waals surface area (Å²) < 4.78 is 14.2. The zero-order chi connectivity index (χ0) is 16.4. The summed E-state index contributed by atoms with van der Waals surface area (Å²) >= 11 is 1.78. The van der Waals surface area contributed by atoms with Crippen molar-refractivity contribution in [2.24, 2.45) is 4.99 Å². The fourth-order valence-corrected chi connectivity index (χ4v) is 2.47. The molecule has 0 heterocycles. The first-order valence-electron chi connectivity index (χ1n) is 7.63. The second-order valence-corrected chi connectivity index (χ2v) is 5.79. The van der Waals surface area contributed by atoms with Gasteiger partial charge in [0, 0.05) is 39.0 Å². The van der Waals surface area contributed by atoms with Crippen LogP contribution in [0, 0.1) is 5.82 Å². The van der Waals surface area contributed by atoms with Crippen molar-refractivity contribution in [2.45, 2.75) is 20.4 Å². The van der Waals surface area contributed by atoms with Gasteiger partial charge in [-0.3, -0.25) is 4.99 Å². The molecule has 6 heteroatoms. The lowest BCUT2D eigenvalue weighted by Crippen LogP contribution is -2.37. The molecular weight excluding hydrogens is 299 g/mol. The number of nitrogens with zero attached hydrogens (tertiary/aromatic N) is 2. The van der Waals surface area contributed by atoms with E-state index in [4.69, 9.17) is 0 Å². The molecule has 0 aliphatic rings. The van der Waals surface area contributed by atoms with E-state index in [1.807, 2.05) is 30.9 Å². The molecular formula is C16H27FN4S. The third-order valence-electron chi connectivity index (χ3n) is 3.40. The Balaban J connectivity index is 2.61. The lowest BCUT2D eigenvalue weighted by Gasteiger charge is -2.22. The van der Waals surface area contributed by atoms with E-state index in [-0.39, 0.29) is 5.82 Å². The van der Waals surface area contributed by atoms with Crippen molar-refractivity contribution >= 4 is 23.4 Å². The number of halogens is 1. The first-order valence-corrected chi connectivity index (χ1v) is 9.02. The second kappa shape index (κ2) is 10.3. The summed E-state index contributed by atoms with van der Waals surface area (Å²) in [5, 5.41) is 6.42. The van der Waals surface area contributed by atoms with Crippen molar-refractivity contribution in [1.29, 1.82) is 0 Å². The van der Waals surface area contributed by atoms with Crippen molar-refractivity contribution in [1.82, 2.24) is 10.6 Å². The van der Waals surface area contributed by atoms with Crippen LogP contribution < -0.4 is 15.5 Å². The minimum Gasteiger partial charge on any atom is -0.370 e. The molecule has 0 radical (unpaired) electrons. The molecule has 0 unspecified atom stereocenters. The molecule has 0 aliphatic carbocycles. The minimum absolute atomic E-state index is 0.173. The van der Waals surface area contributed by atoms with E-state index in [2.05, 4.69) is 21.9 Å². The Morgan fingerprint density at radius 3 is 2.55 bits per heavy atom. The SMILES string of the molecule is CCN(CC)c1ccc(CNC(=NC)NCCSC)cc1F. The zero-order valence-corrected chi connectivity index (χ0v) is 14.8. The van der Waals surface area contributed by atoms with E-state index in [1.165, 1.54) is 0 Å². The molecule has 0 aromatic heterocycles. The van der Waals surface area contributed by atoms with Crippen molar-refractivity contribution in [3.63, 3.8) is 0 Å². The maximum atomic E-state index is 14.2. The Morgan fingerprint density at radius 1 is 1.27 bits per heavy atom. The van der Waals surface area contributed by atoms with Gasteiger partial charge in [-0.1, -0.05) is 6.07 Å². The van der Waals surface area contributed by atoms with Crippen LogP contribution in [0.25, 0.3) is 0 Å². The number of rotatable bonds is 8. The predicted octanol–water partition coefficient (Wildman–Crippen LogP) is 2.70. The van der Waals surface area contributed by atoms with E-state index in [9.17, 15) is 4.39 Å². The number of hydrogen-bond acceptors (Lipinski definition) is 3. The summed E-state index contributed by atoms with van der Waals surface area (Å²) in [6.07, 6.45) is 2.07. The Hall–Kier alpha value is -1.43. The quantitative estimate of drug-likeness (QED) is 0.438. The van der Waals surface area contributed by atoms with Gasteiger partial charge in [-0.05, 0) is 37.8 Å². The number of guanidine groups is 1. The molecule has 0 fully saturated rings. The summed E-state index contributed by atoms with van der Waals surface area (Å²) in [6, 6.07) is 5.40. The van der Waals surface area contributed by atoms with E-state index in [0.717, 1.165) is 36.9 Å². The van der Waals surface area contributed by atoms with Gasteiger partial charge in [0.2, 0.25) is 0 Å². The number of anilines is 1. The lowest BCUT2D eigenvalue weighted by atomic mass is 10.2. The average Bonchev–Trinajstić information content (AvgIpc) is 2.53. The molecule has 0 aliphatic heterocycles. The highest BCUT2D eigenvalue weighted by Crippen LogP contribution is 2.20. The van der Waals surface area contributed by atoms with Gasteiger partial charge in [0.1, 0.15) is 5.82 Å². The molecule has 0 atom stereocenters. The number of thioether (sulfide) groups is 1. The normalized spacial score (nSPS) is 11.4. The van der Waals surface area contributed by atoms with Crippen LogP contribution in [0.15, 0.2) is 23.2 Å². The Labute approximate surface area is 137 Å². The number of aliphatic imine (C=N–C) groups is 1. The van der Waals surface area contributed by atoms with Gasteiger partial charge >= 0.3 is 0 Å². The van der Waals surface area contributed by atoms with Crippen LogP contribution in [-0.4, -0.2) is 44.7 Å². The average molecular weight is 326 g/mol. The third-order valence-corrected chi connectivity index (χ3v) is 4.01. The highest BCUT2D eigenvalue weighted by atomic mass is 32.2. The van der Waals surface area contributed by atoms with Crippen LogP contribution in [0.3, 0.4) is 0 Å². The molecule has 1 aromatic carbocycles. The van der Waals surface area contributed by atoms with Gasteiger partial charge in [-0.2, -0.15) is 11.8 Å². The van der Waals surface area contributed by atoms with E-state index in [0.29, 0.717) is 12.2 Å². The van der Waals surface area contributed by atoms with E-state index >= 15 is 0 Å². The Kier molecular flexibility index (Phi) is 8.74. The smallest absolute Gasteiger partial charge is 0.191 e. The topological polar surface area (TPSA) is 39.7 Å². The maximum absolute atomic E-state index is 14.2. The highest BCUT2D eigenvalue weighted by molar-refractivity contribution is 7.98. The van der Waals surface area contributed by atoms with Crippen LogP contribution in [0.4, 0.5) is 10.1 Å². The van der Waals surface area contributed by atoms with Crippen LogP contribution in [-0.2, 0) is 6.54 Å². The first kappa shape index (κ1) is 18.6. The number of nitrogens with one attached hydrogen (secondary N) is 2. The molecule has 4 nitrogen and oxygen atoms in total. The zero-order valence-electron chi connectivity index (χ0n) is 13.9. The Bertz CT molecular complexity index is 475. The minimum atomic E-state index is -0.173. The summed E-state index contributed by atoms with van der Waals surface area (Å²) in [5.74, 6) is 1.59. The standard InChI is InChI=1S/C16H27FN4S/c1-5-21(6-2)15-8-7-13(11-14(15)17)12-20-16(18-3)19-9-10-22-4/h7-8,11H,5-6,9-10,12H2,1-4H3,(H2,18,19,20).